The topological polar surface area (TPSA) is 114 Å². The van der Waals surface area contributed by atoms with Crippen molar-refractivity contribution in [3.63, 3.8) is 0 Å². The number of aliphatic hydroxyl groups excluding tert-OH is 1. The molecule has 3 aromatic heterocycles. The molecule has 9 nitrogen and oxygen atoms in total. The van der Waals surface area contributed by atoms with E-state index in [0.29, 0.717) is 29.2 Å². The highest BCUT2D eigenvalue weighted by Gasteiger charge is 2.19. The lowest BCUT2D eigenvalue weighted by atomic mass is 10.1. The van der Waals surface area contributed by atoms with Crippen molar-refractivity contribution in [3.05, 3.63) is 18.5 Å². The van der Waals surface area contributed by atoms with Crippen LogP contribution >= 0.6 is 0 Å². The molecule has 25 heavy (non-hydrogen) atoms. The van der Waals surface area contributed by atoms with Gasteiger partial charge >= 0.3 is 6.61 Å². The molecule has 0 aliphatic rings. The molecule has 0 amide bonds. The van der Waals surface area contributed by atoms with E-state index in [1.54, 1.807) is 17.8 Å². The number of nitrogens with one attached hydrogen (secondary N) is 2. The van der Waals surface area contributed by atoms with Crippen LogP contribution in [-0.4, -0.2) is 47.8 Å². The first-order chi connectivity index (χ1) is 12.0. The van der Waals surface area contributed by atoms with Crippen LogP contribution in [0.25, 0.3) is 11.2 Å². The molecular formula is C14H17F2N7O2. The van der Waals surface area contributed by atoms with Gasteiger partial charge in [-0.05, 0) is 13.3 Å². The smallest absolute Gasteiger partial charge is 0.388 e. The fourth-order valence-electron chi connectivity index (χ4n) is 2.50. The number of rotatable bonds is 7. The molecule has 0 unspecified atom stereocenters. The van der Waals surface area contributed by atoms with Crippen molar-refractivity contribution in [1.29, 1.82) is 0 Å². The largest absolute Gasteiger partial charge is 0.415 e. The van der Waals surface area contributed by atoms with Gasteiger partial charge in [-0.3, -0.25) is 5.10 Å². The summed E-state index contributed by atoms with van der Waals surface area (Å²) in [4.78, 5) is 8.68. The Balaban J connectivity index is 1.86. The number of hydrogen-bond acceptors (Lipinski definition) is 7. The predicted molar refractivity (Wildman–Crippen MR) is 84.8 cm³/mol. The van der Waals surface area contributed by atoms with Crippen LogP contribution < -0.4 is 10.1 Å². The van der Waals surface area contributed by atoms with Crippen LogP contribution in [-0.2, 0) is 0 Å². The van der Waals surface area contributed by atoms with Gasteiger partial charge in [-0.2, -0.15) is 13.9 Å². The summed E-state index contributed by atoms with van der Waals surface area (Å²) in [5.74, 6) is 0.441. The Bertz CT molecular complexity index is 849. The minimum atomic E-state index is -2.95. The van der Waals surface area contributed by atoms with E-state index >= 15 is 0 Å². The fourth-order valence-corrected chi connectivity index (χ4v) is 2.50. The van der Waals surface area contributed by atoms with Crippen molar-refractivity contribution in [1.82, 2.24) is 29.9 Å². The summed E-state index contributed by atoms with van der Waals surface area (Å²) < 4.78 is 30.1. The number of aliphatic hydroxyl groups is 1. The monoisotopic (exact) mass is 353 g/mol. The van der Waals surface area contributed by atoms with Gasteiger partial charge in [0.15, 0.2) is 11.5 Å². The number of H-pyrrole nitrogens is 1. The highest BCUT2D eigenvalue weighted by atomic mass is 19.3. The first-order valence-corrected chi connectivity index (χ1v) is 7.63. The highest BCUT2D eigenvalue weighted by Crippen LogP contribution is 2.23. The minimum Gasteiger partial charge on any atom is -0.415 e. The molecule has 0 saturated carbocycles. The number of hydrogen-bond donors (Lipinski definition) is 3. The molecule has 3 heterocycles. The van der Waals surface area contributed by atoms with Gasteiger partial charge in [-0.1, -0.05) is 6.92 Å². The molecule has 0 fully saturated rings. The van der Waals surface area contributed by atoms with E-state index in [0.717, 1.165) is 0 Å². The number of aromatic nitrogens is 6. The van der Waals surface area contributed by atoms with E-state index in [4.69, 9.17) is 0 Å². The van der Waals surface area contributed by atoms with Crippen molar-refractivity contribution in [3.8, 4) is 5.88 Å². The Kier molecular flexibility index (Phi) is 4.74. The maximum absolute atomic E-state index is 12.2. The summed E-state index contributed by atoms with van der Waals surface area (Å²) in [6, 6.07) is 1.04. The maximum atomic E-state index is 12.2. The molecule has 3 aromatic rings. The SMILES string of the molecule is CC[C@H]([C@H](C)O)n1ncc2ncc(Nc3cc(OC(F)F)n[nH]3)nc21. The van der Waals surface area contributed by atoms with Gasteiger partial charge in [0.2, 0.25) is 5.88 Å². The zero-order chi connectivity index (χ0) is 18.0. The molecule has 0 spiro atoms. The van der Waals surface area contributed by atoms with Crippen LogP contribution in [0, 0.1) is 0 Å². The van der Waals surface area contributed by atoms with E-state index in [9.17, 15) is 13.9 Å². The van der Waals surface area contributed by atoms with Gasteiger partial charge in [-0.25, -0.2) is 14.6 Å². The van der Waals surface area contributed by atoms with Crippen molar-refractivity contribution in [2.75, 3.05) is 5.32 Å². The van der Waals surface area contributed by atoms with Crippen LogP contribution in [0.4, 0.5) is 20.4 Å². The number of ether oxygens (including phenoxy) is 1. The summed E-state index contributed by atoms with van der Waals surface area (Å²) in [7, 11) is 0. The standard InChI is InChI=1S/C14H17F2N7O2/c1-3-9(7(2)24)23-13-8(5-18-23)17-6-11(20-13)19-10-4-12(22-21-10)25-14(15)16/h4-7,9,14,24H,3H2,1-2H3,(H2,19,20,21,22)/t7-,9+/m0/s1. The van der Waals surface area contributed by atoms with Gasteiger partial charge in [0, 0.05) is 6.07 Å². The Morgan fingerprint density at radius 1 is 1.40 bits per heavy atom. The molecule has 2 atom stereocenters. The maximum Gasteiger partial charge on any atom is 0.388 e. The van der Waals surface area contributed by atoms with Crippen LogP contribution in [0.15, 0.2) is 18.5 Å². The van der Waals surface area contributed by atoms with Gasteiger partial charge in [0.25, 0.3) is 0 Å². The second-order valence-electron chi connectivity index (χ2n) is 5.39. The van der Waals surface area contributed by atoms with Crippen LogP contribution in [0.5, 0.6) is 5.88 Å². The molecule has 134 valence electrons. The molecule has 3 N–H and O–H groups in total. The molecule has 0 aliphatic carbocycles. The van der Waals surface area contributed by atoms with E-state index in [2.05, 4.69) is 35.3 Å². The van der Waals surface area contributed by atoms with Crippen LogP contribution in [0.1, 0.15) is 26.3 Å². The third-order valence-corrected chi connectivity index (χ3v) is 3.62. The average molecular weight is 353 g/mol. The summed E-state index contributed by atoms with van der Waals surface area (Å²) in [5, 5.41) is 23.2. The van der Waals surface area contributed by atoms with Gasteiger partial charge in [0.05, 0.1) is 24.5 Å². The van der Waals surface area contributed by atoms with Crippen molar-refractivity contribution >= 4 is 22.8 Å². The summed E-state index contributed by atoms with van der Waals surface area (Å²) in [6.45, 7) is 0.676. The first kappa shape index (κ1) is 17.0. The van der Waals surface area contributed by atoms with Crippen molar-refractivity contribution in [2.45, 2.75) is 39.0 Å². The van der Waals surface area contributed by atoms with Gasteiger partial charge in [-0.15, -0.1) is 5.10 Å². The van der Waals surface area contributed by atoms with E-state index < -0.39 is 12.7 Å². The van der Waals surface area contributed by atoms with E-state index in [1.165, 1.54) is 12.3 Å². The summed E-state index contributed by atoms with van der Waals surface area (Å²) >= 11 is 0. The minimum absolute atomic E-state index is 0.236. The average Bonchev–Trinajstić information content (AvgIpc) is 3.15. The van der Waals surface area contributed by atoms with Crippen LogP contribution in [0.3, 0.4) is 0 Å². The zero-order valence-electron chi connectivity index (χ0n) is 13.5. The van der Waals surface area contributed by atoms with Crippen molar-refractivity contribution in [2.24, 2.45) is 0 Å². The number of aromatic amines is 1. The first-order valence-electron chi connectivity index (χ1n) is 7.63. The Morgan fingerprint density at radius 2 is 2.20 bits per heavy atom. The second-order valence-corrected chi connectivity index (χ2v) is 5.39. The molecule has 0 bridgehead atoms. The lowest BCUT2D eigenvalue weighted by molar-refractivity contribution is -0.0528. The Labute approximate surface area is 141 Å². The molecule has 3 rings (SSSR count). The number of halogens is 2. The fraction of sp³-hybridized carbons (Fsp3) is 0.429. The molecule has 0 saturated heterocycles. The van der Waals surface area contributed by atoms with Crippen molar-refractivity contribution < 1.29 is 18.6 Å². The second kappa shape index (κ2) is 6.97. The quantitative estimate of drug-likeness (QED) is 0.597. The van der Waals surface area contributed by atoms with Crippen LogP contribution in [0.2, 0.25) is 0 Å². The molecule has 0 radical (unpaired) electrons. The number of anilines is 2. The molecule has 0 aliphatic heterocycles. The normalized spacial score (nSPS) is 14.0. The lowest BCUT2D eigenvalue weighted by Crippen LogP contribution is -2.22. The highest BCUT2D eigenvalue weighted by molar-refractivity contribution is 5.72. The third-order valence-electron chi connectivity index (χ3n) is 3.62. The molecule has 11 heteroatoms. The molecular weight excluding hydrogens is 336 g/mol. The third kappa shape index (κ3) is 3.65. The Morgan fingerprint density at radius 3 is 2.88 bits per heavy atom. The molecule has 0 aromatic carbocycles. The number of fused-ring (bicyclic) bond motifs is 1. The predicted octanol–water partition coefficient (Wildman–Crippen LogP) is 2.23. The van der Waals surface area contributed by atoms with E-state index in [1.807, 2.05) is 6.92 Å². The summed E-state index contributed by atoms with van der Waals surface area (Å²) in [5.41, 5.74) is 1.08. The van der Waals surface area contributed by atoms with Gasteiger partial charge < -0.3 is 15.2 Å². The summed E-state index contributed by atoms with van der Waals surface area (Å²) in [6.07, 6.45) is 3.12. The van der Waals surface area contributed by atoms with E-state index in [-0.39, 0.29) is 11.9 Å². The van der Waals surface area contributed by atoms with Gasteiger partial charge in [0.1, 0.15) is 11.3 Å². The number of nitrogens with zero attached hydrogens (tertiary/aromatic N) is 5. The lowest BCUT2D eigenvalue weighted by Gasteiger charge is -2.19. The zero-order valence-corrected chi connectivity index (χ0v) is 13.5. The Hall–Kier alpha value is -2.82. The number of alkyl halides is 2.